The number of rotatable bonds is 3. The van der Waals surface area contributed by atoms with Gasteiger partial charge < -0.3 is 9.42 Å². The third kappa shape index (κ3) is 2.85. The molecule has 2 aromatic carbocycles. The van der Waals surface area contributed by atoms with Gasteiger partial charge in [0.25, 0.3) is 5.91 Å². The quantitative estimate of drug-likeness (QED) is 0.707. The molecule has 0 spiro atoms. The minimum Gasteiger partial charge on any atom is -0.360 e. The Labute approximate surface area is 139 Å². The number of anilines is 1. The number of carbonyl (C=O) groups is 1. The first-order valence-corrected chi connectivity index (χ1v) is 7.51. The molecule has 0 N–H and O–H groups in total. The fraction of sp³-hybridized carbons (Fsp3) is 0.111. The van der Waals surface area contributed by atoms with Gasteiger partial charge in [-0.3, -0.25) is 4.79 Å². The highest BCUT2D eigenvalue weighted by Gasteiger charge is 2.25. The smallest absolute Gasteiger partial charge is 0.263 e. The Morgan fingerprint density at radius 3 is 2.43 bits per heavy atom. The average molecular weight is 327 g/mol. The molecule has 0 saturated carbocycles. The third-order valence-electron chi connectivity index (χ3n) is 3.65. The molecule has 0 bridgehead atoms. The summed E-state index contributed by atoms with van der Waals surface area (Å²) in [5.74, 6) is 0.276. The SMILES string of the molecule is Cc1onc(-c2ccccc2Cl)c1C(=O)N(C)c1ccccc1. The van der Waals surface area contributed by atoms with Crippen LogP contribution >= 0.6 is 11.6 Å². The summed E-state index contributed by atoms with van der Waals surface area (Å²) in [7, 11) is 1.72. The minimum absolute atomic E-state index is 0.190. The number of carbonyl (C=O) groups excluding carboxylic acids is 1. The van der Waals surface area contributed by atoms with Crippen LogP contribution < -0.4 is 4.90 Å². The predicted molar refractivity (Wildman–Crippen MR) is 90.9 cm³/mol. The van der Waals surface area contributed by atoms with Crippen molar-refractivity contribution in [2.24, 2.45) is 0 Å². The van der Waals surface area contributed by atoms with E-state index in [2.05, 4.69) is 5.16 Å². The lowest BCUT2D eigenvalue weighted by Gasteiger charge is -2.17. The first kappa shape index (κ1) is 15.3. The summed E-state index contributed by atoms with van der Waals surface area (Å²) in [5, 5.41) is 4.56. The molecule has 23 heavy (non-hydrogen) atoms. The van der Waals surface area contributed by atoms with E-state index in [0.717, 1.165) is 5.69 Å². The van der Waals surface area contributed by atoms with E-state index in [-0.39, 0.29) is 5.91 Å². The zero-order chi connectivity index (χ0) is 16.4. The van der Waals surface area contributed by atoms with E-state index < -0.39 is 0 Å². The van der Waals surface area contributed by atoms with Gasteiger partial charge in [-0.25, -0.2) is 0 Å². The van der Waals surface area contributed by atoms with Gasteiger partial charge in [0.15, 0.2) is 0 Å². The van der Waals surface area contributed by atoms with Gasteiger partial charge in [0.05, 0.1) is 5.02 Å². The summed E-state index contributed by atoms with van der Waals surface area (Å²) in [6, 6.07) is 16.7. The molecule has 0 fully saturated rings. The Morgan fingerprint density at radius 2 is 1.74 bits per heavy atom. The van der Waals surface area contributed by atoms with Crippen LogP contribution in [-0.2, 0) is 0 Å². The number of halogens is 1. The molecule has 116 valence electrons. The second-order valence-electron chi connectivity index (χ2n) is 5.14. The molecule has 1 amide bonds. The number of aryl methyl sites for hydroxylation is 1. The number of amides is 1. The Bertz CT molecular complexity index is 843. The maximum absolute atomic E-state index is 12.9. The van der Waals surface area contributed by atoms with Crippen molar-refractivity contribution in [3.8, 4) is 11.3 Å². The van der Waals surface area contributed by atoms with Crippen molar-refractivity contribution in [2.45, 2.75) is 6.92 Å². The number of hydrogen-bond acceptors (Lipinski definition) is 3. The predicted octanol–water partition coefficient (Wildman–Crippen LogP) is 4.58. The summed E-state index contributed by atoms with van der Waals surface area (Å²) < 4.78 is 5.26. The fourth-order valence-corrected chi connectivity index (χ4v) is 2.62. The number of para-hydroxylation sites is 1. The van der Waals surface area contributed by atoms with Gasteiger partial charge in [-0.15, -0.1) is 0 Å². The molecule has 0 aliphatic rings. The number of nitrogens with zero attached hydrogens (tertiary/aromatic N) is 2. The van der Waals surface area contributed by atoms with Crippen LogP contribution in [0.15, 0.2) is 59.1 Å². The molecular formula is C18H15ClN2O2. The van der Waals surface area contributed by atoms with Crippen molar-refractivity contribution in [3.63, 3.8) is 0 Å². The Morgan fingerprint density at radius 1 is 1.09 bits per heavy atom. The topological polar surface area (TPSA) is 46.3 Å². The second kappa shape index (κ2) is 6.26. The molecule has 0 aliphatic heterocycles. The van der Waals surface area contributed by atoms with Gasteiger partial charge in [-0.05, 0) is 25.1 Å². The molecule has 0 aliphatic carbocycles. The standard InChI is InChI=1S/C18H15ClN2O2/c1-12-16(18(22)21(2)13-8-4-3-5-9-13)17(20-23-12)14-10-6-7-11-15(14)19/h3-11H,1-2H3. The summed E-state index contributed by atoms with van der Waals surface area (Å²) in [4.78, 5) is 14.5. The van der Waals surface area contributed by atoms with E-state index >= 15 is 0 Å². The van der Waals surface area contributed by atoms with Crippen molar-refractivity contribution in [1.82, 2.24) is 5.16 Å². The second-order valence-corrected chi connectivity index (χ2v) is 5.55. The summed E-state index contributed by atoms with van der Waals surface area (Å²) in [6.45, 7) is 1.72. The molecule has 0 radical (unpaired) electrons. The first-order valence-electron chi connectivity index (χ1n) is 7.14. The number of aromatic nitrogens is 1. The van der Waals surface area contributed by atoms with E-state index in [4.69, 9.17) is 16.1 Å². The van der Waals surface area contributed by atoms with Gasteiger partial charge in [-0.1, -0.05) is 53.2 Å². The van der Waals surface area contributed by atoms with Crippen molar-refractivity contribution >= 4 is 23.2 Å². The average Bonchev–Trinajstić information content (AvgIpc) is 2.96. The minimum atomic E-state index is -0.190. The molecule has 0 saturated heterocycles. The van der Waals surface area contributed by atoms with Crippen LogP contribution in [0.25, 0.3) is 11.3 Å². The van der Waals surface area contributed by atoms with Crippen LogP contribution in [-0.4, -0.2) is 18.1 Å². The molecular weight excluding hydrogens is 312 g/mol. The van der Waals surface area contributed by atoms with Gasteiger partial charge in [-0.2, -0.15) is 0 Å². The normalized spacial score (nSPS) is 10.6. The van der Waals surface area contributed by atoms with E-state index in [1.807, 2.05) is 48.5 Å². The fourth-order valence-electron chi connectivity index (χ4n) is 2.40. The maximum atomic E-state index is 12.9. The lowest BCUT2D eigenvalue weighted by atomic mass is 10.0. The molecule has 4 nitrogen and oxygen atoms in total. The highest BCUT2D eigenvalue weighted by molar-refractivity contribution is 6.33. The number of hydrogen-bond donors (Lipinski definition) is 0. The van der Waals surface area contributed by atoms with E-state index in [0.29, 0.717) is 27.6 Å². The molecule has 1 heterocycles. The van der Waals surface area contributed by atoms with Gasteiger partial charge in [0.2, 0.25) is 0 Å². The van der Waals surface area contributed by atoms with E-state index in [1.54, 1.807) is 24.9 Å². The van der Waals surface area contributed by atoms with Crippen molar-refractivity contribution in [1.29, 1.82) is 0 Å². The molecule has 0 unspecified atom stereocenters. The zero-order valence-electron chi connectivity index (χ0n) is 12.8. The van der Waals surface area contributed by atoms with Crippen LogP contribution in [0, 0.1) is 6.92 Å². The lowest BCUT2D eigenvalue weighted by Crippen LogP contribution is -2.26. The highest BCUT2D eigenvalue weighted by atomic mass is 35.5. The zero-order valence-corrected chi connectivity index (χ0v) is 13.5. The van der Waals surface area contributed by atoms with Crippen LogP contribution in [0.3, 0.4) is 0 Å². The molecule has 0 atom stereocenters. The monoisotopic (exact) mass is 326 g/mol. The van der Waals surface area contributed by atoms with E-state index in [1.165, 1.54) is 0 Å². The summed E-state index contributed by atoms with van der Waals surface area (Å²) in [5.41, 5.74) is 2.35. The Kier molecular flexibility index (Phi) is 4.17. The van der Waals surface area contributed by atoms with Crippen LogP contribution in [0.4, 0.5) is 5.69 Å². The summed E-state index contributed by atoms with van der Waals surface area (Å²) in [6.07, 6.45) is 0. The Balaban J connectivity index is 2.06. The largest absolute Gasteiger partial charge is 0.360 e. The van der Waals surface area contributed by atoms with Crippen molar-refractivity contribution in [2.75, 3.05) is 11.9 Å². The van der Waals surface area contributed by atoms with Gasteiger partial charge in [0.1, 0.15) is 17.0 Å². The molecule has 3 aromatic rings. The molecule has 3 rings (SSSR count). The van der Waals surface area contributed by atoms with Gasteiger partial charge >= 0.3 is 0 Å². The lowest BCUT2D eigenvalue weighted by molar-refractivity contribution is 0.0992. The maximum Gasteiger partial charge on any atom is 0.263 e. The van der Waals surface area contributed by atoms with Crippen LogP contribution in [0.2, 0.25) is 5.02 Å². The first-order chi connectivity index (χ1) is 11.1. The van der Waals surface area contributed by atoms with Gasteiger partial charge in [0, 0.05) is 18.3 Å². The summed E-state index contributed by atoms with van der Waals surface area (Å²) >= 11 is 6.23. The Hall–Kier alpha value is -2.59. The number of benzene rings is 2. The van der Waals surface area contributed by atoms with Crippen LogP contribution in [0.1, 0.15) is 16.1 Å². The van der Waals surface area contributed by atoms with Crippen molar-refractivity contribution in [3.05, 3.63) is 70.9 Å². The molecule has 1 aromatic heterocycles. The molecule has 5 heteroatoms. The van der Waals surface area contributed by atoms with Crippen LogP contribution in [0.5, 0.6) is 0 Å². The highest BCUT2D eigenvalue weighted by Crippen LogP contribution is 2.32. The third-order valence-corrected chi connectivity index (χ3v) is 3.98. The van der Waals surface area contributed by atoms with Crippen molar-refractivity contribution < 1.29 is 9.32 Å². The van der Waals surface area contributed by atoms with E-state index in [9.17, 15) is 4.79 Å².